The number of aromatic nitrogens is 2. The van der Waals surface area contributed by atoms with Crippen LogP contribution in [0.3, 0.4) is 0 Å². The molecule has 3 unspecified atom stereocenters. The first kappa shape index (κ1) is 25.3. The second-order valence-corrected chi connectivity index (χ2v) is 10.00. The van der Waals surface area contributed by atoms with Crippen molar-refractivity contribution in [1.82, 2.24) is 15.3 Å². The maximum atomic E-state index is 15.0. The van der Waals surface area contributed by atoms with Crippen molar-refractivity contribution in [2.24, 2.45) is 0 Å². The fraction of sp³-hybridized carbons (Fsp3) is 0.464. The Balaban J connectivity index is 1.27. The van der Waals surface area contributed by atoms with Crippen molar-refractivity contribution in [3.8, 4) is 6.07 Å². The van der Waals surface area contributed by atoms with Gasteiger partial charge >= 0.3 is 0 Å². The van der Waals surface area contributed by atoms with E-state index in [0.29, 0.717) is 49.4 Å². The number of benzene rings is 1. The van der Waals surface area contributed by atoms with Crippen molar-refractivity contribution in [2.75, 3.05) is 42.5 Å². The topological polar surface area (TPSA) is 97.5 Å². The number of nitriles is 1. The second-order valence-electron chi connectivity index (χ2n) is 10.00. The molecule has 5 rings (SSSR count). The highest BCUT2D eigenvalue weighted by Gasteiger charge is 2.32. The van der Waals surface area contributed by atoms with Crippen LogP contribution in [0.15, 0.2) is 42.6 Å². The van der Waals surface area contributed by atoms with Gasteiger partial charge in [-0.25, -0.2) is 4.39 Å². The van der Waals surface area contributed by atoms with E-state index in [9.17, 15) is 14.8 Å². The van der Waals surface area contributed by atoms with Crippen molar-refractivity contribution in [3.05, 3.63) is 59.5 Å². The minimum absolute atomic E-state index is 0.00337. The number of morpholine rings is 1. The van der Waals surface area contributed by atoms with Crippen molar-refractivity contribution >= 4 is 22.3 Å². The highest BCUT2D eigenvalue weighted by molar-refractivity contribution is 5.95. The molecule has 9 heteroatoms. The van der Waals surface area contributed by atoms with Crippen LogP contribution < -0.4 is 15.1 Å². The molecule has 4 heterocycles. The normalized spacial score (nSPS) is 24.3. The van der Waals surface area contributed by atoms with Crippen molar-refractivity contribution in [2.45, 2.75) is 51.3 Å². The maximum Gasteiger partial charge on any atom is 0.119 e. The number of aliphatic hydroxyl groups excluding tert-OH is 1. The van der Waals surface area contributed by atoms with Crippen LogP contribution in [-0.4, -0.2) is 72.2 Å². The summed E-state index contributed by atoms with van der Waals surface area (Å²) in [5.74, 6) is 0. The summed E-state index contributed by atoms with van der Waals surface area (Å²) in [4.78, 5) is 13.2. The van der Waals surface area contributed by atoms with Crippen LogP contribution in [0.25, 0.3) is 10.9 Å². The molecule has 0 radical (unpaired) electrons. The number of hydrogen-bond donors (Lipinski definition) is 2. The fourth-order valence-corrected chi connectivity index (χ4v) is 5.49. The Labute approximate surface area is 216 Å². The molecule has 0 aliphatic carbocycles. The van der Waals surface area contributed by atoms with Gasteiger partial charge in [0.15, 0.2) is 0 Å². The first-order chi connectivity index (χ1) is 17.9. The molecule has 37 heavy (non-hydrogen) atoms. The highest BCUT2D eigenvalue weighted by atomic mass is 19.1. The molecule has 2 aromatic heterocycles. The van der Waals surface area contributed by atoms with Crippen LogP contribution in [0.5, 0.6) is 0 Å². The van der Waals surface area contributed by atoms with Crippen LogP contribution in [0.2, 0.25) is 0 Å². The quantitative estimate of drug-likeness (QED) is 0.529. The van der Waals surface area contributed by atoms with Gasteiger partial charge in [0.25, 0.3) is 0 Å². The molecule has 2 aliphatic heterocycles. The number of nitrogens with zero attached hydrogens (tertiary/aromatic N) is 5. The summed E-state index contributed by atoms with van der Waals surface area (Å²) >= 11 is 0. The largest absolute Gasteiger partial charge is 0.390 e. The van der Waals surface area contributed by atoms with E-state index in [1.807, 2.05) is 50.2 Å². The number of fused-ring (bicyclic) bond motifs is 1. The van der Waals surface area contributed by atoms with Crippen molar-refractivity contribution in [1.29, 1.82) is 5.26 Å². The van der Waals surface area contributed by atoms with Crippen molar-refractivity contribution < 1.29 is 14.2 Å². The van der Waals surface area contributed by atoms with Gasteiger partial charge in [0.05, 0.1) is 41.6 Å². The number of pyridine rings is 2. The number of halogens is 1. The van der Waals surface area contributed by atoms with Gasteiger partial charge in [-0.15, -0.1) is 0 Å². The molecule has 2 aliphatic rings. The lowest BCUT2D eigenvalue weighted by Gasteiger charge is -2.41. The number of alkyl halides is 1. The Bertz CT molecular complexity index is 1300. The number of ether oxygens (including phenoxy) is 1. The zero-order valence-electron chi connectivity index (χ0n) is 21.3. The van der Waals surface area contributed by atoms with Gasteiger partial charge in [0.2, 0.25) is 0 Å². The highest BCUT2D eigenvalue weighted by Crippen LogP contribution is 2.30. The third kappa shape index (κ3) is 5.52. The number of nitrogens with one attached hydrogen (secondary N) is 1. The fourth-order valence-electron chi connectivity index (χ4n) is 5.49. The molecular weight excluding hydrogens is 471 g/mol. The lowest BCUT2D eigenvalue weighted by atomic mass is 10.0. The third-order valence-corrected chi connectivity index (χ3v) is 7.19. The average molecular weight is 505 g/mol. The van der Waals surface area contributed by atoms with Crippen LogP contribution in [0.1, 0.15) is 30.3 Å². The Kier molecular flexibility index (Phi) is 7.51. The first-order valence-corrected chi connectivity index (χ1v) is 12.8. The maximum absolute atomic E-state index is 15.0. The molecule has 0 amide bonds. The Hall–Kier alpha value is -3.32. The van der Waals surface area contributed by atoms with Gasteiger partial charge in [0.1, 0.15) is 12.2 Å². The number of hydrogen-bond acceptors (Lipinski definition) is 8. The van der Waals surface area contributed by atoms with Crippen molar-refractivity contribution in [3.63, 3.8) is 0 Å². The zero-order chi connectivity index (χ0) is 25.9. The monoisotopic (exact) mass is 504 g/mol. The molecule has 2 saturated heterocycles. The average Bonchev–Trinajstić information content (AvgIpc) is 2.91. The molecule has 1 aromatic carbocycles. The smallest absolute Gasteiger partial charge is 0.119 e. The Morgan fingerprint density at radius 3 is 2.89 bits per heavy atom. The van der Waals surface area contributed by atoms with Gasteiger partial charge in [-0.05, 0) is 56.7 Å². The van der Waals surface area contributed by atoms with Gasteiger partial charge < -0.3 is 25.0 Å². The summed E-state index contributed by atoms with van der Waals surface area (Å²) < 4.78 is 21.2. The summed E-state index contributed by atoms with van der Waals surface area (Å²) in [6.45, 7) is 6.91. The Morgan fingerprint density at radius 2 is 2.08 bits per heavy atom. The van der Waals surface area contributed by atoms with E-state index < -0.39 is 6.17 Å². The third-order valence-electron chi connectivity index (χ3n) is 7.19. The summed E-state index contributed by atoms with van der Waals surface area (Å²) in [6.07, 6.45) is 1.09. The van der Waals surface area contributed by atoms with Crippen LogP contribution in [0.4, 0.5) is 15.8 Å². The molecule has 4 atom stereocenters. The van der Waals surface area contributed by atoms with E-state index >= 15 is 0 Å². The molecule has 3 aromatic rings. The molecule has 194 valence electrons. The van der Waals surface area contributed by atoms with Gasteiger partial charge in [-0.1, -0.05) is 0 Å². The summed E-state index contributed by atoms with van der Waals surface area (Å²) in [5.41, 5.74) is 4.72. The number of aryl methyl sites for hydroxylation is 1. The van der Waals surface area contributed by atoms with E-state index in [-0.39, 0.29) is 24.9 Å². The molecule has 0 saturated carbocycles. The first-order valence-electron chi connectivity index (χ1n) is 12.8. The van der Waals surface area contributed by atoms with Crippen LogP contribution in [-0.2, 0) is 11.3 Å². The number of piperidine rings is 1. The van der Waals surface area contributed by atoms with E-state index in [4.69, 9.17) is 4.74 Å². The standard InChI is InChI=1S/C28H33FN6O2/c1-18-10-22(11-21(17-36)33-18)34-9-7-25(29)26(16-34)32-13-23-15-35(14-19(2)37-23)27-6-5-20(12-30)28-24(27)4-3-8-31-28/h3-6,8,10-11,19,23,25-26,32,36H,7,9,13-17H2,1-2H3/t19?,23?,25-,26?/m0/s1. The lowest BCUT2D eigenvalue weighted by molar-refractivity contribution is -0.0171. The van der Waals surface area contributed by atoms with Crippen LogP contribution in [0, 0.1) is 18.3 Å². The molecule has 8 nitrogen and oxygen atoms in total. The van der Waals surface area contributed by atoms with Gasteiger partial charge in [0, 0.05) is 61.4 Å². The van der Waals surface area contributed by atoms with Gasteiger partial charge in [-0.2, -0.15) is 5.26 Å². The number of rotatable bonds is 6. The van der Waals surface area contributed by atoms with E-state index in [1.54, 1.807) is 6.20 Å². The summed E-state index contributed by atoms with van der Waals surface area (Å²) in [5, 5.41) is 23.4. The lowest BCUT2D eigenvalue weighted by Crippen LogP contribution is -2.56. The Morgan fingerprint density at radius 1 is 1.22 bits per heavy atom. The predicted molar refractivity (Wildman–Crippen MR) is 141 cm³/mol. The second kappa shape index (κ2) is 11.0. The predicted octanol–water partition coefficient (Wildman–Crippen LogP) is 3.10. The summed E-state index contributed by atoms with van der Waals surface area (Å²) in [7, 11) is 0. The van der Waals surface area contributed by atoms with Crippen LogP contribution >= 0.6 is 0 Å². The minimum Gasteiger partial charge on any atom is -0.390 e. The van der Waals surface area contributed by atoms with E-state index in [1.165, 1.54) is 0 Å². The number of aliphatic hydroxyl groups is 1. The van der Waals surface area contributed by atoms with E-state index in [0.717, 1.165) is 29.0 Å². The SMILES string of the molecule is Cc1cc(N2CC[C@H](F)C(NCC3CN(c4ccc(C#N)c5ncccc45)CC(C)O3)C2)cc(CO)n1. The van der Waals surface area contributed by atoms with Gasteiger partial charge in [-0.3, -0.25) is 9.97 Å². The molecule has 2 N–H and O–H groups in total. The summed E-state index contributed by atoms with van der Waals surface area (Å²) in [6, 6.07) is 13.5. The molecule has 0 bridgehead atoms. The molecule has 0 spiro atoms. The molecular formula is C28H33FN6O2. The minimum atomic E-state index is -0.942. The van der Waals surface area contributed by atoms with E-state index in [2.05, 4.69) is 31.2 Å². The molecule has 2 fully saturated rings. The zero-order valence-corrected chi connectivity index (χ0v) is 21.3. The number of anilines is 2.